The fourth-order valence-corrected chi connectivity index (χ4v) is 4.05. The number of thioether (sulfide) groups is 1. The Morgan fingerprint density at radius 1 is 1.32 bits per heavy atom. The zero-order chi connectivity index (χ0) is 19.3. The summed E-state index contributed by atoms with van der Waals surface area (Å²) in [5, 5.41) is 9.48. The summed E-state index contributed by atoms with van der Waals surface area (Å²) in [4.78, 5) is 15.3. The van der Waals surface area contributed by atoms with Crippen LogP contribution in [0.5, 0.6) is 5.75 Å². The third kappa shape index (κ3) is 4.13. The number of aromatic amines is 1. The van der Waals surface area contributed by atoms with Gasteiger partial charge < -0.3 is 14.5 Å². The first-order chi connectivity index (χ1) is 13.7. The van der Waals surface area contributed by atoms with E-state index >= 15 is 0 Å². The number of nitrogens with zero attached hydrogens (tertiary/aromatic N) is 3. The normalized spacial score (nSPS) is 16.4. The van der Waals surface area contributed by atoms with Gasteiger partial charge in [-0.15, -0.1) is 10.2 Å². The van der Waals surface area contributed by atoms with Crippen molar-refractivity contribution in [2.75, 3.05) is 19.5 Å². The Morgan fingerprint density at radius 2 is 2.18 bits per heavy atom. The van der Waals surface area contributed by atoms with Gasteiger partial charge >= 0.3 is 0 Å². The Kier molecular flexibility index (Phi) is 5.78. The summed E-state index contributed by atoms with van der Waals surface area (Å²) < 4.78 is 13.1. The molecular formula is C20H22N4O3S. The largest absolute Gasteiger partial charge is 0.497 e. The molecule has 0 amide bonds. The molecule has 0 radical (unpaired) electrons. The average molecular weight is 398 g/mol. The highest BCUT2D eigenvalue weighted by atomic mass is 32.2. The van der Waals surface area contributed by atoms with Crippen LogP contribution in [0.4, 0.5) is 0 Å². The van der Waals surface area contributed by atoms with Gasteiger partial charge in [0.2, 0.25) is 0 Å². The number of aromatic nitrogens is 4. The lowest BCUT2D eigenvalue weighted by Gasteiger charge is -2.14. The van der Waals surface area contributed by atoms with Crippen molar-refractivity contribution in [2.45, 2.75) is 30.6 Å². The number of nitrogens with one attached hydrogen (secondary N) is 1. The van der Waals surface area contributed by atoms with E-state index in [1.165, 1.54) is 11.8 Å². The number of carbonyl (C=O) groups excluding carboxylic acids is 1. The minimum atomic E-state index is 0.0349. The maximum absolute atomic E-state index is 12.3. The number of methoxy groups -OCH3 is 1. The van der Waals surface area contributed by atoms with Crippen LogP contribution < -0.4 is 4.74 Å². The first kappa shape index (κ1) is 18.8. The fourth-order valence-electron chi connectivity index (χ4n) is 3.22. The van der Waals surface area contributed by atoms with Gasteiger partial charge in [0.05, 0.1) is 31.2 Å². The first-order valence-electron chi connectivity index (χ1n) is 9.23. The molecule has 1 N–H and O–H groups in total. The highest BCUT2D eigenvalue weighted by molar-refractivity contribution is 7.99. The predicted octanol–water partition coefficient (Wildman–Crippen LogP) is 3.44. The molecule has 4 rings (SSSR count). The predicted molar refractivity (Wildman–Crippen MR) is 107 cm³/mol. The molecule has 146 valence electrons. The van der Waals surface area contributed by atoms with Crippen LogP contribution in [-0.4, -0.2) is 51.1 Å². The van der Waals surface area contributed by atoms with E-state index in [1.54, 1.807) is 19.4 Å². The maximum Gasteiger partial charge on any atom is 0.192 e. The van der Waals surface area contributed by atoms with E-state index in [9.17, 15) is 4.79 Å². The molecule has 1 aliphatic rings. The Balaban J connectivity index is 1.57. The van der Waals surface area contributed by atoms with Crippen LogP contribution in [0.15, 0.2) is 47.8 Å². The number of carbonyl (C=O) groups is 1. The van der Waals surface area contributed by atoms with Gasteiger partial charge in [-0.2, -0.15) is 0 Å². The topological polar surface area (TPSA) is 82.0 Å². The van der Waals surface area contributed by atoms with E-state index in [1.807, 2.05) is 30.3 Å². The van der Waals surface area contributed by atoms with Crippen LogP contribution in [0.1, 0.15) is 23.3 Å². The van der Waals surface area contributed by atoms with Crippen LogP contribution in [0.25, 0.3) is 11.4 Å². The summed E-state index contributed by atoms with van der Waals surface area (Å²) in [6, 6.07) is 11.3. The van der Waals surface area contributed by atoms with Gasteiger partial charge in [-0.05, 0) is 49.2 Å². The van der Waals surface area contributed by atoms with Gasteiger partial charge in [-0.25, -0.2) is 0 Å². The highest BCUT2D eigenvalue weighted by Crippen LogP contribution is 2.28. The molecule has 3 heterocycles. The second kappa shape index (κ2) is 8.62. The number of benzene rings is 1. The quantitative estimate of drug-likeness (QED) is 0.462. The van der Waals surface area contributed by atoms with Crippen molar-refractivity contribution >= 4 is 17.5 Å². The van der Waals surface area contributed by atoms with Gasteiger partial charge in [0.1, 0.15) is 5.75 Å². The number of Topliss-reactive ketones (excluding diaryl/α,β-unsaturated/α-hetero) is 1. The third-order valence-electron chi connectivity index (χ3n) is 4.71. The molecule has 8 heteroatoms. The third-order valence-corrected chi connectivity index (χ3v) is 5.67. The number of ether oxygens (including phenoxy) is 2. The van der Waals surface area contributed by atoms with Crippen LogP contribution in [0, 0.1) is 0 Å². The molecule has 0 saturated carbocycles. The lowest BCUT2D eigenvalue weighted by Crippen LogP contribution is -2.17. The van der Waals surface area contributed by atoms with E-state index in [-0.39, 0.29) is 11.9 Å². The smallest absolute Gasteiger partial charge is 0.192 e. The Morgan fingerprint density at radius 3 is 2.86 bits per heavy atom. The van der Waals surface area contributed by atoms with Crippen molar-refractivity contribution in [3.05, 3.63) is 48.3 Å². The number of rotatable bonds is 8. The molecule has 1 fully saturated rings. The lowest BCUT2D eigenvalue weighted by molar-refractivity contribution is 0.0953. The average Bonchev–Trinajstić information content (AvgIpc) is 3.49. The van der Waals surface area contributed by atoms with E-state index in [4.69, 9.17) is 9.47 Å². The molecular weight excluding hydrogens is 376 g/mol. The molecule has 0 spiro atoms. The summed E-state index contributed by atoms with van der Waals surface area (Å²) in [5.74, 6) is 1.90. The van der Waals surface area contributed by atoms with Crippen molar-refractivity contribution in [3.8, 4) is 17.1 Å². The first-order valence-corrected chi connectivity index (χ1v) is 10.2. The van der Waals surface area contributed by atoms with E-state index in [0.717, 1.165) is 41.7 Å². The molecule has 3 aromatic rings. The molecule has 0 bridgehead atoms. The second-order valence-electron chi connectivity index (χ2n) is 6.58. The molecule has 28 heavy (non-hydrogen) atoms. The molecule has 2 aromatic heterocycles. The minimum absolute atomic E-state index is 0.0349. The number of H-pyrrole nitrogens is 1. The number of hydrogen-bond donors (Lipinski definition) is 1. The van der Waals surface area contributed by atoms with Gasteiger partial charge in [0, 0.05) is 18.4 Å². The van der Waals surface area contributed by atoms with Gasteiger partial charge in [-0.3, -0.25) is 9.36 Å². The monoisotopic (exact) mass is 398 g/mol. The van der Waals surface area contributed by atoms with Crippen LogP contribution >= 0.6 is 11.8 Å². The molecule has 1 aromatic carbocycles. The number of ketones is 1. The molecule has 0 aliphatic carbocycles. The highest BCUT2D eigenvalue weighted by Gasteiger charge is 2.22. The summed E-state index contributed by atoms with van der Waals surface area (Å²) in [7, 11) is 1.64. The number of hydrogen-bond acceptors (Lipinski definition) is 6. The van der Waals surface area contributed by atoms with Crippen LogP contribution in [-0.2, 0) is 11.3 Å². The standard InChI is InChI=1S/C20H22N4O3S/c1-26-15-8-6-14(7-9-15)19-22-23-20(24(19)12-16-4-3-11-27-16)28-13-18(25)17-5-2-10-21-17/h2,5-10,16,21H,3-4,11-13H2,1H3/t16-/m1/s1. The van der Waals surface area contributed by atoms with Gasteiger partial charge in [0.15, 0.2) is 16.8 Å². The zero-order valence-electron chi connectivity index (χ0n) is 15.6. The molecule has 1 aliphatic heterocycles. The SMILES string of the molecule is COc1ccc(-c2nnc(SCC(=O)c3ccc[nH]3)n2C[C@H]2CCCO2)cc1. The van der Waals surface area contributed by atoms with E-state index in [0.29, 0.717) is 18.0 Å². The molecule has 7 nitrogen and oxygen atoms in total. The van der Waals surface area contributed by atoms with E-state index < -0.39 is 0 Å². The Labute approximate surface area is 167 Å². The molecule has 1 atom stereocenters. The van der Waals surface area contributed by atoms with Gasteiger partial charge in [-0.1, -0.05) is 11.8 Å². The summed E-state index contributed by atoms with van der Waals surface area (Å²) in [6.45, 7) is 1.46. The summed E-state index contributed by atoms with van der Waals surface area (Å²) >= 11 is 1.40. The molecule has 1 saturated heterocycles. The lowest BCUT2D eigenvalue weighted by atomic mass is 10.2. The van der Waals surface area contributed by atoms with Crippen molar-refractivity contribution in [2.24, 2.45) is 0 Å². The van der Waals surface area contributed by atoms with Crippen LogP contribution in [0.3, 0.4) is 0 Å². The fraction of sp³-hybridized carbons (Fsp3) is 0.350. The summed E-state index contributed by atoms with van der Waals surface area (Å²) in [6.07, 6.45) is 3.98. The zero-order valence-corrected chi connectivity index (χ0v) is 16.4. The minimum Gasteiger partial charge on any atom is -0.497 e. The second-order valence-corrected chi connectivity index (χ2v) is 7.52. The maximum atomic E-state index is 12.3. The van der Waals surface area contributed by atoms with E-state index in [2.05, 4.69) is 19.7 Å². The van der Waals surface area contributed by atoms with Crippen molar-refractivity contribution in [1.82, 2.24) is 19.7 Å². The summed E-state index contributed by atoms with van der Waals surface area (Å²) in [5.41, 5.74) is 1.56. The molecule has 0 unspecified atom stereocenters. The van der Waals surface area contributed by atoms with Crippen molar-refractivity contribution in [3.63, 3.8) is 0 Å². The van der Waals surface area contributed by atoms with Gasteiger partial charge in [0.25, 0.3) is 0 Å². The van der Waals surface area contributed by atoms with Crippen molar-refractivity contribution < 1.29 is 14.3 Å². The Bertz CT molecular complexity index is 916. The van der Waals surface area contributed by atoms with Crippen LogP contribution in [0.2, 0.25) is 0 Å². The van der Waals surface area contributed by atoms with Crippen molar-refractivity contribution in [1.29, 1.82) is 0 Å². The Hall–Kier alpha value is -2.58.